The number of hydrogen-bond acceptors (Lipinski definition) is 3. The van der Waals surface area contributed by atoms with Crippen LogP contribution in [0.2, 0.25) is 0 Å². The van der Waals surface area contributed by atoms with Gasteiger partial charge >= 0.3 is 0 Å². The zero-order valence-corrected chi connectivity index (χ0v) is 11.9. The Morgan fingerprint density at radius 3 is 2.82 bits per heavy atom. The maximum absolute atomic E-state index is 6.03. The third-order valence-electron chi connectivity index (χ3n) is 3.55. The molecule has 2 unspecified atom stereocenters. The Morgan fingerprint density at radius 2 is 2.29 bits per heavy atom. The third kappa shape index (κ3) is 2.81. The summed E-state index contributed by atoms with van der Waals surface area (Å²) in [6, 6.07) is 7.02. The topological polar surface area (TPSA) is 38.5 Å². The minimum atomic E-state index is 0.316. The number of nitrogens with zero attached hydrogens (tertiary/aromatic N) is 1. The molecule has 1 aromatic carbocycles. The molecular weight excluding hydrogens is 280 g/mol. The van der Waals surface area contributed by atoms with Crippen molar-refractivity contribution in [2.75, 3.05) is 13.7 Å². The fourth-order valence-electron chi connectivity index (χ4n) is 2.30. The molecule has 4 heteroatoms. The van der Waals surface area contributed by atoms with E-state index in [0.717, 1.165) is 29.7 Å². The second-order valence-electron chi connectivity index (χ2n) is 4.63. The van der Waals surface area contributed by atoms with E-state index in [1.165, 1.54) is 5.56 Å². The van der Waals surface area contributed by atoms with Gasteiger partial charge in [0.25, 0.3) is 0 Å². The van der Waals surface area contributed by atoms with Crippen LogP contribution in [0.3, 0.4) is 0 Å². The SMILES string of the molecule is COc1ccc(CN2CCC(N)C2C)cc1Br. The van der Waals surface area contributed by atoms with Gasteiger partial charge < -0.3 is 10.5 Å². The molecule has 0 bridgehead atoms. The van der Waals surface area contributed by atoms with E-state index in [2.05, 4.69) is 39.9 Å². The molecule has 1 aromatic rings. The van der Waals surface area contributed by atoms with Crippen LogP contribution in [0, 0.1) is 0 Å². The van der Waals surface area contributed by atoms with E-state index < -0.39 is 0 Å². The van der Waals surface area contributed by atoms with Crippen molar-refractivity contribution in [2.45, 2.75) is 32.0 Å². The van der Waals surface area contributed by atoms with Gasteiger partial charge in [0.15, 0.2) is 0 Å². The summed E-state index contributed by atoms with van der Waals surface area (Å²) in [7, 11) is 1.68. The van der Waals surface area contributed by atoms with Crippen molar-refractivity contribution in [1.82, 2.24) is 4.90 Å². The van der Waals surface area contributed by atoms with Crippen LogP contribution in [-0.2, 0) is 6.54 Å². The normalized spacial score (nSPS) is 25.2. The van der Waals surface area contributed by atoms with Gasteiger partial charge in [0.05, 0.1) is 11.6 Å². The maximum Gasteiger partial charge on any atom is 0.133 e. The van der Waals surface area contributed by atoms with Gasteiger partial charge in [-0.25, -0.2) is 0 Å². The van der Waals surface area contributed by atoms with E-state index in [-0.39, 0.29) is 0 Å². The molecule has 0 aromatic heterocycles. The van der Waals surface area contributed by atoms with Crippen LogP contribution >= 0.6 is 15.9 Å². The predicted octanol–water partition coefficient (Wildman–Crippen LogP) is 2.38. The van der Waals surface area contributed by atoms with E-state index in [0.29, 0.717) is 12.1 Å². The summed E-state index contributed by atoms with van der Waals surface area (Å²) in [6.07, 6.45) is 1.10. The lowest BCUT2D eigenvalue weighted by molar-refractivity contribution is 0.251. The minimum Gasteiger partial charge on any atom is -0.496 e. The standard InChI is InChI=1S/C13H19BrN2O/c1-9-12(15)5-6-16(9)8-10-3-4-13(17-2)11(14)7-10/h3-4,7,9,12H,5-6,8,15H2,1-2H3. The number of likely N-dealkylation sites (tertiary alicyclic amines) is 1. The largest absolute Gasteiger partial charge is 0.496 e. The van der Waals surface area contributed by atoms with Crippen LogP contribution < -0.4 is 10.5 Å². The van der Waals surface area contributed by atoms with Gasteiger partial charge in [-0.2, -0.15) is 0 Å². The monoisotopic (exact) mass is 298 g/mol. The van der Waals surface area contributed by atoms with Crippen molar-refractivity contribution in [2.24, 2.45) is 5.73 Å². The Balaban J connectivity index is 2.06. The maximum atomic E-state index is 6.03. The summed E-state index contributed by atoms with van der Waals surface area (Å²) in [5.41, 5.74) is 7.32. The average Bonchev–Trinajstić information content (AvgIpc) is 2.61. The Bertz CT molecular complexity index is 397. The zero-order valence-electron chi connectivity index (χ0n) is 10.3. The van der Waals surface area contributed by atoms with E-state index in [9.17, 15) is 0 Å². The van der Waals surface area contributed by atoms with Crippen LogP contribution in [0.1, 0.15) is 18.9 Å². The lowest BCUT2D eigenvalue weighted by atomic mass is 10.1. The summed E-state index contributed by atoms with van der Waals surface area (Å²) in [5.74, 6) is 0.875. The lowest BCUT2D eigenvalue weighted by Gasteiger charge is -2.23. The van der Waals surface area contributed by atoms with Crippen molar-refractivity contribution in [3.05, 3.63) is 28.2 Å². The van der Waals surface area contributed by atoms with Gasteiger partial charge in [-0.1, -0.05) is 6.07 Å². The highest BCUT2D eigenvalue weighted by Crippen LogP contribution is 2.27. The highest BCUT2D eigenvalue weighted by Gasteiger charge is 2.27. The molecule has 0 radical (unpaired) electrons. The van der Waals surface area contributed by atoms with E-state index in [1.807, 2.05) is 6.07 Å². The first kappa shape index (κ1) is 12.9. The summed E-state index contributed by atoms with van der Waals surface area (Å²) in [6.45, 7) is 4.25. The molecule has 1 aliphatic rings. The second-order valence-corrected chi connectivity index (χ2v) is 5.49. The Hall–Kier alpha value is -0.580. The predicted molar refractivity (Wildman–Crippen MR) is 73.2 cm³/mol. The minimum absolute atomic E-state index is 0.316. The molecule has 0 amide bonds. The molecule has 0 saturated carbocycles. The fraction of sp³-hybridized carbons (Fsp3) is 0.538. The van der Waals surface area contributed by atoms with Crippen molar-refractivity contribution in [3.63, 3.8) is 0 Å². The molecule has 1 fully saturated rings. The first-order valence-electron chi connectivity index (χ1n) is 5.94. The van der Waals surface area contributed by atoms with Crippen LogP contribution in [0.15, 0.2) is 22.7 Å². The molecule has 2 N–H and O–H groups in total. The molecule has 1 heterocycles. The van der Waals surface area contributed by atoms with Crippen molar-refractivity contribution >= 4 is 15.9 Å². The highest BCUT2D eigenvalue weighted by molar-refractivity contribution is 9.10. The third-order valence-corrected chi connectivity index (χ3v) is 4.17. The van der Waals surface area contributed by atoms with E-state index >= 15 is 0 Å². The molecular formula is C13H19BrN2O. The van der Waals surface area contributed by atoms with Crippen LogP contribution in [0.25, 0.3) is 0 Å². The van der Waals surface area contributed by atoms with Crippen molar-refractivity contribution in [3.8, 4) is 5.75 Å². The van der Waals surface area contributed by atoms with Crippen molar-refractivity contribution < 1.29 is 4.74 Å². The molecule has 2 rings (SSSR count). The quantitative estimate of drug-likeness (QED) is 0.931. The van der Waals surface area contributed by atoms with Gasteiger partial charge in [0, 0.05) is 25.2 Å². The number of halogens is 1. The number of methoxy groups -OCH3 is 1. The summed E-state index contributed by atoms with van der Waals surface area (Å²) >= 11 is 3.52. The first-order valence-corrected chi connectivity index (χ1v) is 6.73. The first-order chi connectivity index (χ1) is 8.11. The van der Waals surface area contributed by atoms with Gasteiger partial charge in [-0.3, -0.25) is 4.90 Å². The summed E-state index contributed by atoms with van der Waals surface area (Å²) in [5, 5.41) is 0. The zero-order chi connectivity index (χ0) is 12.4. The Morgan fingerprint density at radius 1 is 1.53 bits per heavy atom. The second kappa shape index (κ2) is 5.38. The smallest absolute Gasteiger partial charge is 0.133 e. The summed E-state index contributed by atoms with van der Waals surface area (Å²) < 4.78 is 6.24. The van der Waals surface area contributed by atoms with Gasteiger partial charge in [-0.15, -0.1) is 0 Å². The molecule has 1 saturated heterocycles. The molecule has 0 spiro atoms. The van der Waals surface area contributed by atoms with Crippen LogP contribution in [0.4, 0.5) is 0 Å². The number of benzene rings is 1. The van der Waals surface area contributed by atoms with E-state index in [1.54, 1.807) is 7.11 Å². The molecule has 2 atom stereocenters. The Kier molecular flexibility index (Phi) is 4.07. The molecule has 1 aliphatic heterocycles. The molecule has 3 nitrogen and oxygen atoms in total. The number of nitrogens with two attached hydrogens (primary N) is 1. The molecule has 17 heavy (non-hydrogen) atoms. The van der Waals surface area contributed by atoms with E-state index in [4.69, 9.17) is 10.5 Å². The summed E-state index contributed by atoms with van der Waals surface area (Å²) in [4.78, 5) is 2.43. The van der Waals surface area contributed by atoms with Crippen LogP contribution in [0.5, 0.6) is 5.75 Å². The van der Waals surface area contributed by atoms with Gasteiger partial charge in [0.2, 0.25) is 0 Å². The van der Waals surface area contributed by atoms with Gasteiger partial charge in [-0.05, 0) is 47.0 Å². The lowest BCUT2D eigenvalue weighted by Crippen LogP contribution is -2.36. The average molecular weight is 299 g/mol. The molecule has 94 valence electrons. The number of hydrogen-bond donors (Lipinski definition) is 1. The highest BCUT2D eigenvalue weighted by atomic mass is 79.9. The molecule has 0 aliphatic carbocycles. The van der Waals surface area contributed by atoms with Crippen LogP contribution in [-0.4, -0.2) is 30.6 Å². The van der Waals surface area contributed by atoms with Gasteiger partial charge in [0.1, 0.15) is 5.75 Å². The number of ether oxygens (including phenoxy) is 1. The number of rotatable bonds is 3. The van der Waals surface area contributed by atoms with Crippen molar-refractivity contribution in [1.29, 1.82) is 0 Å². The Labute approximate surface area is 111 Å². The fourth-order valence-corrected chi connectivity index (χ4v) is 2.88.